The monoisotopic (exact) mass is 293 g/mol. The summed E-state index contributed by atoms with van der Waals surface area (Å²) in [5.41, 5.74) is 7.09. The fraction of sp³-hybridized carbons (Fsp3) is 0.467. The van der Waals surface area contributed by atoms with Crippen molar-refractivity contribution in [2.45, 2.75) is 45.1 Å². The van der Waals surface area contributed by atoms with Crippen molar-refractivity contribution in [3.8, 4) is 0 Å². The van der Waals surface area contributed by atoms with E-state index in [1.165, 1.54) is 12.1 Å². The molecule has 1 aromatic carbocycles. The second-order valence-corrected chi connectivity index (χ2v) is 5.28. The number of halogens is 1. The number of aryl methyl sites for hydroxylation is 1. The third kappa shape index (κ3) is 3.78. The Hall–Kier alpha value is -1.95. The lowest BCUT2D eigenvalue weighted by Crippen LogP contribution is -2.35. The van der Waals surface area contributed by atoms with Gasteiger partial charge in [0.15, 0.2) is 0 Å². The van der Waals surface area contributed by atoms with Gasteiger partial charge in [0.2, 0.25) is 11.8 Å². The summed E-state index contributed by atoms with van der Waals surface area (Å²) in [6, 6.07) is 2.14. The zero-order valence-corrected chi connectivity index (χ0v) is 12.0. The topological polar surface area (TPSA) is 84.2 Å². The molecular formula is C15H20FN3O2. The number of nitrogens with one attached hydrogen (secondary N) is 2. The summed E-state index contributed by atoms with van der Waals surface area (Å²) in [4.78, 5) is 23.3. The highest BCUT2D eigenvalue weighted by atomic mass is 19.1. The van der Waals surface area contributed by atoms with Gasteiger partial charge in [-0.2, -0.15) is 0 Å². The third-order valence-corrected chi connectivity index (χ3v) is 3.55. The fourth-order valence-corrected chi connectivity index (χ4v) is 2.27. The third-order valence-electron chi connectivity index (χ3n) is 3.55. The normalized spacial score (nSPS) is 15.1. The van der Waals surface area contributed by atoms with Crippen LogP contribution in [0.1, 0.15) is 38.2 Å². The van der Waals surface area contributed by atoms with Crippen molar-refractivity contribution in [2.24, 2.45) is 5.73 Å². The minimum absolute atomic E-state index is 0.0490. The average molecular weight is 293 g/mol. The molecule has 0 saturated carbocycles. The summed E-state index contributed by atoms with van der Waals surface area (Å²) in [5, 5.41) is 5.17. The van der Waals surface area contributed by atoms with Crippen molar-refractivity contribution in [2.75, 3.05) is 10.6 Å². The number of carbonyl (C=O) groups is 2. The van der Waals surface area contributed by atoms with Crippen LogP contribution in [0, 0.1) is 5.82 Å². The molecule has 5 nitrogen and oxygen atoms in total. The van der Waals surface area contributed by atoms with Gasteiger partial charge in [0.25, 0.3) is 0 Å². The zero-order chi connectivity index (χ0) is 15.4. The number of rotatable bonds is 5. The molecule has 0 radical (unpaired) electrons. The average Bonchev–Trinajstić information content (AvgIpc) is 2.45. The number of benzene rings is 1. The van der Waals surface area contributed by atoms with Crippen molar-refractivity contribution in [1.29, 1.82) is 0 Å². The Labute approximate surface area is 123 Å². The summed E-state index contributed by atoms with van der Waals surface area (Å²) in [6.45, 7) is 2.01. The summed E-state index contributed by atoms with van der Waals surface area (Å²) in [7, 11) is 0. The largest absolute Gasteiger partial charge is 0.326 e. The van der Waals surface area contributed by atoms with E-state index in [2.05, 4.69) is 10.6 Å². The zero-order valence-electron chi connectivity index (χ0n) is 12.0. The molecule has 0 bridgehead atoms. The first kappa shape index (κ1) is 15.4. The molecule has 0 aromatic heterocycles. The second-order valence-electron chi connectivity index (χ2n) is 5.28. The number of anilines is 2. The van der Waals surface area contributed by atoms with E-state index in [9.17, 15) is 14.0 Å². The first-order chi connectivity index (χ1) is 10.0. The molecule has 0 spiro atoms. The minimum atomic E-state index is -0.657. The van der Waals surface area contributed by atoms with Crippen molar-refractivity contribution < 1.29 is 14.0 Å². The number of nitrogens with two attached hydrogens (primary N) is 1. The van der Waals surface area contributed by atoms with E-state index in [1.807, 2.05) is 6.92 Å². The first-order valence-corrected chi connectivity index (χ1v) is 7.20. The second kappa shape index (κ2) is 6.67. The molecule has 0 saturated heterocycles. The van der Waals surface area contributed by atoms with Gasteiger partial charge < -0.3 is 16.4 Å². The van der Waals surface area contributed by atoms with Crippen LogP contribution in [-0.2, 0) is 16.0 Å². The lowest BCUT2D eigenvalue weighted by molar-refractivity contribution is -0.117. The molecular weight excluding hydrogens is 273 g/mol. The molecule has 0 aliphatic carbocycles. The van der Waals surface area contributed by atoms with Crippen LogP contribution in [0.3, 0.4) is 0 Å². The maximum Gasteiger partial charge on any atom is 0.241 e. The molecule has 1 aliphatic rings. The lowest BCUT2D eigenvalue weighted by atomic mass is 10.0. The van der Waals surface area contributed by atoms with E-state index in [1.54, 1.807) is 0 Å². The van der Waals surface area contributed by atoms with Crippen molar-refractivity contribution in [3.63, 3.8) is 0 Å². The van der Waals surface area contributed by atoms with Gasteiger partial charge in [-0.3, -0.25) is 9.59 Å². The number of carbonyl (C=O) groups excluding carboxylic acids is 2. The highest BCUT2D eigenvalue weighted by molar-refractivity contribution is 5.98. The first-order valence-electron chi connectivity index (χ1n) is 7.20. The molecule has 1 heterocycles. The van der Waals surface area contributed by atoms with E-state index in [-0.39, 0.29) is 11.6 Å². The Morgan fingerprint density at radius 2 is 2.24 bits per heavy atom. The molecule has 114 valence electrons. The highest BCUT2D eigenvalue weighted by Crippen LogP contribution is 2.28. The van der Waals surface area contributed by atoms with Gasteiger partial charge in [0, 0.05) is 12.1 Å². The lowest BCUT2D eigenvalue weighted by Gasteiger charge is -2.19. The van der Waals surface area contributed by atoms with Gasteiger partial charge in [-0.05, 0) is 30.5 Å². The van der Waals surface area contributed by atoms with Gasteiger partial charge in [-0.25, -0.2) is 4.39 Å². The summed E-state index contributed by atoms with van der Waals surface area (Å²) >= 11 is 0. The van der Waals surface area contributed by atoms with Crippen LogP contribution in [0.25, 0.3) is 0 Å². The van der Waals surface area contributed by atoms with Gasteiger partial charge in [0.1, 0.15) is 5.82 Å². The highest BCUT2D eigenvalue weighted by Gasteiger charge is 2.20. The van der Waals surface area contributed by atoms with Crippen molar-refractivity contribution >= 4 is 23.2 Å². The van der Waals surface area contributed by atoms with Gasteiger partial charge in [-0.1, -0.05) is 19.8 Å². The number of hydrogen-bond acceptors (Lipinski definition) is 3. The number of hydrogen-bond donors (Lipinski definition) is 3. The molecule has 6 heteroatoms. The van der Waals surface area contributed by atoms with E-state index < -0.39 is 17.8 Å². The van der Waals surface area contributed by atoms with E-state index in [0.717, 1.165) is 18.4 Å². The predicted octanol–water partition coefficient (Wildman–Crippen LogP) is 2.17. The Morgan fingerprint density at radius 3 is 2.95 bits per heavy atom. The summed E-state index contributed by atoms with van der Waals surface area (Å²) in [5.74, 6) is -1.03. The molecule has 1 aliphatic heterocycles. The van der Waals surface area contributed by atoms with Crippen LogP contribution < -0.4 is 16.4 Å². The quantitative estimate of drug-likeness (QED) is 0.778. The Balaban J connectivity index is 2.11. The van der Waals surface area contributed by atoms with Crippen molar-refractivity contribution in [3.05, 3.63) is 23.5 Å². The Morgan fingerprint density at radius 1 is 1.48 bits per heavy atom. The Bertz CT molecular complexity index is 560. The molecule has 1 aromatic rings. The minimum Gasteiger partial charge on any atom is -0.326 e. The van der Waals surface area contributed by atoms with Crippen LogP contribution >= 0.6 is 0 Å². The predicted molar refractivity (Wildman–Crippen MR) is 79.5 cm³/mol. The Kier molecular flexibility index (Phi) is 4.90. The number of amides is 2. The number of unbranched alkanes of at least 4 members (excludes halogenated alkanes) is 1. The summed E-state index contributed by atoms with van der Waals surface area (Å²) in [6.07, 6.45) is 3.20. The molecule has 1 atom stereocenters. The number of fused-ring (bicyclic) bond motifs is 1. The van der Waals surface area contributed by atoms with Crippen LogP contribution in [-0.4, -0.2) is 17.9 Å². The van der Waals surface area contributed by atoms with Gasteiger partial charge in [0.05, 0.1) is 11.7 Å². The van der Waals surface area contributed by atoms with E-state index in [4.69, 9.17) is 5.73 Å². The standard InChI is InChI=1S/C15H20FN3O2/c1-2-3-4-11(17)15(21)19-13-8-12-9(7-10(13)16)5-6-14(20)18-12/h7-8,11H,2-6,17H2,1H3,(H,18,20)(H,19,21)/t11-/m0/s1. The summed E-state index contributed by atoms with van der Waals surface area (Å²) < 4.78 is 14.0. The maximum atomic E-state index is 14.0. The van der Waals surface area contributed by atoms with Crippen LogP contribution in [0.5, 0.6) is 0 Å². The molecule has 21 heavy (non-hydrogen) atoms. The molecule has 2 rings (SSSR count). The fourth-order valence-electron chi connectivity index (χ4n) is 2.27. The van der Waals surface area contributed by atoms with Gasteiger partial charge >= 0.3 is 0 Å². The maximum absolute atomic E-state index is 14.0. The van der Waals surface area contributed by atoms with Crippen LogP contribution in [0.15, 0.2) is 12.1 Å². The molecule has 0 fully saturated rings. The van der Waals surface area contributed by atoms with Crippen molar-refractivity contribution in [1.82, 2.24) is 0 Å². The van der Waals surface area contributed by atoms with Crippen LogP contribution in [0.4, 0.5) is 15.8 Å². The SMILES string of the molecule is CCCC[C@H](N)C(=O)Nc1cc2c(cc1F)CCC(=O)N2. The molecule has 2 amide bonds. The molecule has 4 N–H and O–H groups in total. The molecule has 0 unspecified atom stereocenters. The van der Waals surface area contributed by atoms with Crippen LogP contribution in [0.2, 0.25) is 0 Å². The van der Waals surface area contributed by atoms with Gasteiger partial charge in [-0.15, -0.1) is 0 Å². The smallest absolute Gasteiger partial charge is 0.241 e. The van der Waals surface area contributed by atoms with E-state index in [0.29, 0.717) is 24.9 Å². The van der Waals surface area contributed by atoms with E-state index >= 15 is 0 Å².